The van der Waals surface area contributed by atoms with Crippen LogP contribution in [0.15, 0.2) is 24.5 Å². The van der Waals surface area contributed by atoms with Gasteiger partial charge < -0.3 is 15.2 Å². The summed E-state index contributed by atoms with van der Waals surface area (Å²) in [5, 5.41) is 0. The molecule has 4 heteroatoms. The standard InChI is InChI=1S/C11H11NO3/c1-7-2-3-8(11(12)13)9(4-7)10-5-14-6-15-10/h2-5H,6H2,1H3,(H2,12,13). The lowest BCUT2D eigenvalue weighted by Crippen LogP contribution is -2.13. The van der Waals surface area contributed by atoms with Gasteiger partial charge in [0.15, 0.2) is 5.76 Å². The zero-order valence-corrected chi connectivity index (χ0v) is 8.32. The van der Waals surface area contributed by atoms with Gasteiger partial charge in [0.1, 0.15) is 6.26 Å². The summed E-state index contributed by atoms with van der Waals surface area (Å²) in [7, 11) is 0. The molecule has 1 aromatic carbocycles. The highest BCUT2D eigenvalue weighted by molar-refractivity contribution is 5.97. The zero-order valence-electron chi connectivity index (χ0n) is 8.32. The quantitative estimate of drug-likeness (QED) is 0.793. The number of hydrogen-bond acceptors (Lipinski definition) is 3. The first kappa shape index (κ1) is 9.58. The summed E-state index contributed by atoms with van der Waals surface area (Å²) in [4.78, 5) is 11.2. The Morgan fingerprint density at radius 3 is 2.87 bits per heavy atom. The van der Waals surface area contributed by atoms with E-state index in [9.17, 15) is 4.79 Å². The van der Waals surface area contributed by atoms with E-state index in [2.05, 4.69) is 0 Å². The molecule has 0 saturated carbocycles. The van der Waals surface area contributed by atoms with E-state index in [1.54, 1.807) is 6.07 Å². The van der Waals surface area contributed by atoms with E-state index in [1.807, 2.05) is 19.1 Å². The summed E-state index contributed by atoms with van der Waals surface area (Å²) < 4.78 is 10.2. The van der Waals surface area contributed by atoms with Crippen LogP contribution in [0, 0.1) is 6.92 Å². The number of benzene rings is 1. The largest absolute Gasteiger partial charge is 0.461 e. The van der Waals surface area contributed by atoms with Gasteiger partial charge in [-0.15, -0.1) is 0 Å². The van der Waals surface area contributed by atoms with Crippen molar-refractivity contribution >= 4 is 11.7 Å². The molecule has 0 unspecified atom stereocenters. The molecule has 1 heterocycles. The normalized spacial score (nSPS) is 14.1. The molecular formula is C11H11NO3. The Hall–Kier alpha value is -1.97. The highest BCUT2D eigenvalue weighted by Crippen LogP contribution is 2.24. The predicted octanol–water partition coefficient (Wildman–Crippen LogP) is 1.40. The molecule has 0 bridgehead atoms. The topological polar surface area (TPSA) is 61.6 Å². The fraction of sp³-hybridized carbons (Fsp3) is 0.182. The second kappa shape index (κ2) is 3.65. The summed E-state index contributed by atoms with van der Waals surface area (Å²) in [6, 6.07) is 5.37. The van der Waals surface area contributed by atoms with Crippen molar-refractivity contribution in [2.75, 3.05) is 6.79 Å². The monoisotopic (exact) mass is 205 g/mol. The molecule has 1 aromatic rings. The van der Waals surface area contributed by atoms with Crippen LogP contribution < -0.4 is 5.73 Å². The van der Waals surface area contributed by atoms with Crippen LogP contribution in [0.3, 0.4) is 0 Å². The fourth-order valence-corrected chi connectivity index (χ4v) is 1.46. The molecule has 0 spiro atoms. The first-order chi connectivity index (χ1) is 7.18. The number of nitrogens with two attached hydrogens (primary N) is 1. The van der Waals surface area contributed by atoms with E-state index >= 15 is 0 Å². The Balaban J connectivity index is 2.51. The summed E-state index contributed by atoms with van der Waals surface area (Å²) in [5.41, 5.74) is 7.43. The van der Waals surface area contributed by atoms with Crippen LogP contribution in [-0.4, -0.2) is 12.7 Å². The molecule has 1 amide bonds. The molecule has 2 N–H and O–H groups in total. The number of hydrogen-bond donors (Lipinski definition) is 1. The molecule has 0 aromatic heterocycles. The van der Waals surface area contributed by atoms with Crippen molar-refractivity contribution in [2.45, 2.75) is 6.92 Å². The number of carbonyl (C=O) groups excluding carboxylic acids is 1. The van der Waals surface area contributed by atoms with Crippen LogP contribution in [0.1, 0.15) is 21.5 Å². The first-order valence-corrected chi connectivity index (χ1v) is 4.54. The molecule has 0 atom stereocenters. The second-order valence-corrected chi connectivity index (χ2v) is 3.32. The molecule has 0 radical (unpaired) electrons. The van der Waals surface area contributed by atoms with E-state index in [-0.39, 0.29) is 6.79 Å². The highest BCUT2D eigenvalue weighted by atomic mass is 16.7. The summed E-state index contributed by atoms with van der Waals surface area (Å²) >= 11 is 0. The number of carbonyl (C=O) groups is 1. The van der Waals surface area contributed by atoms with Crippen molar-refractivity contribution in [3.8, 4) is 0 Å². The van der Waals surface area contributed by atoms with Crippen molar-refractivity contribution < 1.29 is 14.3 Å². The van der Waals surface area contributed by atoms with Gasteiger partial charge in [0.2, 0.25) is 12.7 Å². The minimum atomic E-state index is -0.471. The molecule has 4 nitrogen and oxygen atoms in total. The Morgan fingerprint density at radius 1 is 1.47 bits per heavy atom. The van der Waals surface area contributed by atoms with E-state index in [1.165, 1.54) is 6.26 Å². The average molecular weight is 205 g/mol. The predicted molar refractivity (Wildman–Crippen MR) is 54.7 cm³/mol. The smallest absolute Gasteiger partial charge is 0.249 e. The van der Waals surface area contributed by atoms with Gasteiger partial charge in [-0.3, -0.25) is 4.79 Å². The van der Waals surface area contributed by atoms with Crippen LogP contribution in [0.25, 0.3) is 5.76 Å². The lowest BCUT2D eigenvalue weighted by Gasteiger charge is -2.07. The van der Waals surface area contributed by atoms with Gasteiger partial charge in [-0.1, -0.05) is 11.6 Å². The molecule has 1 aliphatic rings. The lowest BCUT2D eigenvalue weighted by atomic mass is 10.0. The zero-order chi connectivity index (χ0) is 10.8. The first-order valence-electron chi connectivity index (χ1n) is 4.54. The molecule has 78 valence electrons. The molecule has 0 aliphatic carbocycles. The SMILES string of the molecule is Cc1ccc(C(N)=O)c(C2=COCO2)c1. The Labute approximate surface area is 87.3 Å². The van der Waals surface area contributed by atoms with Gasteiger partial charge >= 0.3 is 0 Å². The van der Waals surface area contributed by atoms with Crippen LogP contribution in [0.5, 0.6) is 0 Å². The summed E-state index contributed by atoms with van der Waals surface area (Å²) in [5.74, 6) is 0.0777. The Morgan fingerprint density at radius 2 is 2.27 bits per heavy atom. The number of primary amides is 1. The Kier molecular flexibility index (Phi) is 2.33. The van der Waals surface area contributed by atoms with Gasteiger partial charge in [0.25, 0.3) is 0 Å². The van der Waals surface area contributed by atoms with Crippen molar-refractivity contribution in [3.63, 3.8) is 0 Å². The third-order valence-corrected chi connectivity index (χ3v) is 2.18. The van der Waals surface area contributed by atoms with Gasteiger partial charge in [0.05, 0.1) is 5.56 Å². The minimum Gasteiger partial charge on any atom is -0.461 e. The summed E-state index contributed by atoms with van der Waals surface area (Å²) in [6.45, 7) is 2.12. The van der Waals surface area contributed by atoms with Gasteiger partial charge in [-0.25, -0.2) is 0 Å². The molecular weight excluding hydrogens is 194 g/mol. The number of rotatable bonds is 2. The number of aryl methyl sites for hydroxylation is 1. The maximum Gasteiger partial charge on any atom is 0.249 e. The third kappa shape index (κ3) is 1.79. The maximum absolute atomic E-state index is 11.2. The molecule has 0 saturated heterocycles. The highest BCUT2D eigenvalue weighted by Gasteiger charge is 2.16. The van der Waals surface area contributed by atoms with Crippen molar-refractivity contribution in [1.82, 2.24) is 0 Å². The fourth-order valence-electron chi connectivity index (χ4n) is 1.46. The molecule has 0 fully saturated rings. The van der Waals surface area contributed by atoms with Gasteiger partial charge in [-0.2, -0.15) is 0 Å². The summed E-state index contributed by atoms with van der Waals surface area (Å²) in [6.07, 6.45) is 1.49. The Bertz CT molecular complexity index is 437. The lowest BCUT2D eigenvalue weighted by molar-refractivity contribution is 0.0979. The molecule has 15 heavy (non-hydrogen) atoms. The van der Waals surface area contributed by atoms with Crippen molar-refractivity contribution in [3.05, 3.63) is 41.2 Å². The van der Waals surface area contributed by atoms with Gasteiger partial charge in [-0.05, 0) is 19.1 Å². The average Bonchev–Trinajstić information content (AvgIpc) is 2.69. The molecule has 2 rings (SSSR count). The third-order valence-electron chi connectivity index (χ3n) is 2.18. The van der Waals surface area contributed by atoms with Crippen molar-refractivity contribution in [2.24, 2.45) is 5.73 Å². The van der Waals surface area contributed by atoms with E-state index < -0.39 is 5.91 Å². The van der Waals surface area contributed by atoms with Crippen LogP contribution in [0.2, 0.25) is 0 Å². The second-order valence-electron chi connectivity index (χ2n) is 3.32. The van der Waals surface area contributed by atoms with Gasteiger partial charge in [0, 0.05) is 5.56 Å². The number of ether oxygens (including phenoxy) is 2. The van der Waals surface area contributed by atoms with Crippen molar-refractivity contribution in [1.29, 1.82) is 0 Å². The van der Waals surface area contributed by atoms with Crippen LogP contribution >= 0.6 is 0 Å². The minimum absolute atomic E-state index is 0.182. The van der Waals surface area contributed by atoms with Crippen LogP contribution in [0.4, 0.5) is 0 Å². The van der Waals surface area contributed by atoms with E-state index in [0.717, 1.165) is 5.56 Å². The maximum atomic E-state index is 11.2. The van der Waals surface area contributed by atoms with E-state index in [4.69, 9.17) is 15.2 Å². The van der Waals surface area contributed by atoms with Crippen LogP contribution in [-0.2, 0) is 9.47 Å². The molecule has 1 aliphatic heterocycles. The van der Waals surface area contributed by atoms with E-state index in [0.29, 0.717) is 16.9 Å². The number of amides is 1.